The molecule has 1 aromatic carbocycles. The van der Waals surface area contributed by atoms with E-state index in [1.165, 1.54) is 12.1 Å². The van der Waals surface area contributed by atoms with Crippen molar-refractivity contribution >= 4 is 17.3 Å². The number of benzene rings is 1. The molecule has 3 aromatic rings. The summed E-state index contributed by atoms with van der Waals surface area (Å²) in [7, 11) is 0. The highest BCUT2D eigenvalue weighted by Crippen LogP contribution is 2.36. The predicted octanol–water partition coefficient (Wildman–Crippen LogP) is 2.93. The molecule has 1 aliphatic heterocycles. The number of hydrogen-bond acceptors (Lipinski definition) is 4. The molecule has 1 saturated heterocycles. The molecule has 2 N–H and O–H groups in total. The Bertz CT molecular complexity index is 876. The van der Waals surface area contributed by atoms with Crippen LogP contribution < -0.4 is 10.6 Å². The van der Waals surface area contributed by atoms with E-state index in [4.69, 9.17) is 5.73 Å². The summed E-state index contributed by atoms with van der Waals surface area (Å²) in [4.78, 5) is 6.54. The number of halogens is 2. The second kappa shape index (κ2) is 5.19. The van der Waals surface area contributed by atoms with Gasteiger partial charge in [0.2, 0.25) is 0 Å². The van der Waals surface area contributed by atoms with Crippen LogP contribution in [0.25, 0.3) is 5.65 Å². The molecule has 0 aliphatic carbocycles. The number of anilines is 2. The van der Waals surface area contributed by atoms with E-state index in [1.807, 2.05) is 11.0 Å². The molecule has 2 aromatic heterocycles. The topological polar surface area (TPSA) is 59.5 Å². The van der Waals surface area contributed by atoms with E-state index in [9.17, 15) is 8.78 Å². The largest absolute Gasteiger partial charge is 0.382 e. The zero-order valence-corrected chi connectivity index (χ0v) is 12.3. The first kappa shape index (κ1) is 13.9. The maximum absolute atomic E-state index is 14.1. The number of rotatable bonds is 2. The second-order valence-corrected chi connectivity index (χ2v) is 5.67. The van der Waals surface area contributed by atoms with Gasteiger partial charge in [0.05, 0.1) is 6.04 Å². The summed E-state index contributed by atoms with van der Waals surface area (Å²) in [5.74, 6) is 0.283. The van der Waals surface area contributed by atoms with Crippen LogP contribution in [0.3, 0.4) is 0 Å². The Morgan fingerprint density at radius 1 is 1.17 bits per heavy atom. The molecular weight excluding hydrogens is 300 g/mol. The first-order valence-electron chi connectivity index (χ1n) is 7.45. The van der Waals surface area contributed by atoms with Crippen LogP contribution in [-0.2, 0) is 0 Å². The summed E-state index contributed by atoms with van der Waals surface area (Å²) >= 11 is 0. The lowest BCUT2D eigenvalue weighted by Crippen LogP contribution is -2.24. The molecular formula is C16H15F2N5. The van der Waals surface area contributed by atoms with Crippen molar-refractivity contribution in [1.29, 1.82) is 0 Å². The van der Waals surface area contributed by atoms with Gasteiger partial charge >= 0.3 is 0 Å². The first-order chi connectivity index (χ1) is 11.1. The average Bonchev–Trinajstić information content (AvgIpc) is 3.14. The van der Waals surface area contributed by atoms with Gasteiger partial charge < -0.3 is 10.6 Å². The molecule has 7 heteroatoms. The lowest BCUT2D eigenvalue weighted by atomic mass is 10.0. The molecule has 0 amide bonds. The number of nitrogens with two attached hydrogens (primary N) is 1. The predicted molar refractivity (Wildman–Crippen MR) is 83.1 cm³/mol. The van der Waals surface area contributed by atoms with Crippen molar-refractivity contribution in [3.05, 3.63) is 53.7 Å². The lowest BCUT2D eigenvalue weighted by Gasteiger charge is -2.26. The molecule has 4 rings (SSSR count). The quantitative estimate of drug-likeness (QED) is 0.790. The molecule has 3 heterocycles. The number of aromatic nitrogens is 3. The third kappa shape index (κ3) is 2.38. The first-order valence-corrected chi connectivity index (χ1v) is 7.45. The Morgan fingerprint density at radius 3 is 2.91 bits per heavy atom. The van der Waals surface area contributed by atoms with Gasteiger partial charge in [-0.1, -0.05) is 0 Å². The molecule has 23 heavy (non-hydrogen) atoms. The fraction of sp³-hybridized carbons (Fsp3) is 0.250. The second-order valence-electron chi connectivity index (χ2n) is 5.67. The minimum absolute atomic E-state index is 0.221. The maximum atomic E-state index is 14.1. The number of hydrogen-bond donors (Lipinski definition) is 1. The molecule has 0 spiro atoms. The Balaban J connectivity index is 1.75. The highest BCUT2D eigenvalue weighted by atomic mass is 19.1. The van der Waals surface area contributed by atoms with E-state index in [1.54, 1.807) is 16.8 Å². The molecule has 1 aliphatic rings. The van der Waals surface area contributed by atoms with Gasteiger partial charge in [0.1, 0.15) is 23.3 Å². The minimum Gasteiger partial charge on any atom is -0.382 e. The van der Waals surface area contributed by atoms with Crippen LogP contribution in [0, 0.1) is 11.6 Å². The standard InChI is InChI=1S/C16H15F2N5/c17-10-3-4-12(18)11(8-10)13-2-1-6-22(13)15-5-7-23-16(20-15)9-14(19)21-23/h3-5,7-9,13H,1-2,6H2,(H2,19,21)/t13-/m1/s1. The van der Waals surface area contributed by atoms with Crippen molar-refractivity contribution in [1.82, 2.24) is 14.6 Å². The van der Waals surface area contributed by atoms with Crippen LogP contribution >= 0.6 is 0 Å². The van der Waals surface area contributed by atoms with Crippen molar-refractivity contribution < 1.29 is 8.78 Å². The molecule has 0 unspecified atom stereocenters. The molecule has 0 bridgehead atoms. The van der Waals surface area contributed by atoms with Crippen LogP contribution in [0.4, 0.5) is 20.4 Å². The van der Waals surface area contributed by atoms with Gasteiger partial charge in [-0.2, -0.15) is 0 Å². The van der Waals surface area contributed by atoms with Gasteiger partial charge in [-0.3, -0.25) is 0 Å². The highest BCUT2D eigenvalue weighted by Gasteiger charge is 2.29. The van der Waals surface area contributed by atoms with Gasteiger partial charge in [0, 0.05) is 24.4 Å². The molecule has 0 saturated carbocycles. The summed E-state index contributed by atoms with van der Waals surface area (Å²) < 4.78 is 29.2. The summed E-state index contributed by atoms with van der Waals surface area (Å²) in [6, 6.07) is 6.85. The summed E-state index contributed by atoms with van der Waals surface area (Å²) in [5.41, 5.74) is 6.67. The van der Waals surface area contributed by atoms with Crippen molar-refractivity contribution in [2.75, 3.05) is 17.2 Å². The normalized spacial score (nSPS) is 18.0. The van der Waals surface area contributed by atoms with Crippen molar-refractivity contribution in [3.63, 3.8) is 0 Å². The SMILES string of the molecule is Nc1cc2nc(N3CCC[C@@H]3c3cc(F)ccc3F)ccn2n1. The third-order valence-corrected chi connectivity index (χ3v) is 4.19. The van der Waals surface area contributed by atoms with Crippen molar-refractivity contribution in [2.24, 2.45) is 0 Å². The molecule has 0 radical (unpaired) electrons. The average molecular weight is 315 g/mol. The lowest BCUT2D eigenvalue weighted by molar-refractivity contribution is 0.560. The van der Waals surface area contributed by atoms with Crippen molar-refractivity contribution in [2.45, 2.75) is 18.9 Å². The van der Waals surface area contributed by atoms with Gasteiger partial charge in [0.25, 0.3) is 0 Å². The zero-order chi connectivity index (χ0) is 16.0. The smallest absolute Gasteiger partial charge is 0.159 e. The fourth-order valence-electron chi connectivity index (χ4n) is 3.18. The van der Waals surface area contributed by atoms with Crippen molar-refractivity contribution in [3.8, 4) is 0 Å². The fourth-order valence-corrected chi connectivity index (χ4v) is 3.18. The monoisotopic (exact) mass is 315 g/mol. The van der Waals surface area contributed by atoms with E-state index in [2.05, 4.69) is 10.1 Å². The van der Waals surface area contributed by atoms with E-state index in [0.29, 0.717) is 22.8 Å². The van der Waals surface area contributed by atoms with E-state index in [0.717, 1.165) is 25.5 Å². The number of nitrogen functional groups attached to an aromatic ring is 1. The Hall–Kier alpha value is -2.70. The van der Waals surface area contributed by atoms with Crippen LogP contribution in [0.15, 0.2) is 36.5 Å². The Labute approximate surface area is 131 Å². The zero-order valence-electron chi connectivity index (χ0n) is 12.3. The van der Waals surface area contributed by atoms with Gasteiger partial charge in [0.15, 0.2) is 5.65 Å². The van der Waals surface area contributed by atoms with Crippen LogP contribution in [0.1, 0.15) is 24.4 Å². The third-order valence-electron chi connectivity index (χ3n) is 4.19. The minimum atomic E-state index is -0.430. The van der Waals surface area contributed by atoms with Gasteiger partial charge in [-0.15, -0.1) is 5.10 Å². The number of nitrogens with zero attached hydrogens (tertiary/aromatic N) is 4. The maximum Gasteiger partial charge on any atom is 0.159 e. The Kier molecular flexibility index (Phi) is 3.14. The van der Waals surface area contributed by atoms with E-state index in [-0.39, 0.29) is 6.04 Å². The summed E-state index contributed by atoms with van der Waals surface area (Å²) in [6.07, 6.45) is 3.43. The van der Waals surface area contributed by atoms with Gasteiger partial charge in [-0.25, -0.2) is 18.3 Å². The van der Waals surface area contributed by atoms with Crippen LogP contribution in [-0.4, -0.2) is 21.1 Å². The molecule has 1 atom stereocenters. The molecule has 5 nitrogen and oxygen atoms in total. The van der Waals surface area contributed by atoms with E-state index < -0.39 is 11.6 Å². The van der Waals surface area contributed by atoms with Gasteiger partial charge in [-0.05, 0) is 37.1 Å². The number of fused-ring (bicyclic) bond motifs is 1. The Morgan fingerprint density at radius 2 is 2.04 bits per heavy atom. The summed E-state index contributed by atoms with van der Waals surface area (Å²) in [6.45, 7) is 0.743. The highest BCUT2D eigenvalue weighted by molar-refractivity contribution is 5.54. The summed E-state index contributed by atoms with van der Waals surface area (Å²) in [5, 5.41) is 4.09. The van der Waals surface area contributed by atoms with Crippen LogP contribution in [0.5, 0.6) is 0 Å². The van der Waals surface area contributed by atoms with E-state index >= 15 is 0 Å². The van der Waals surface area contributed by atoms with Crippen LogP contribution in [0.2, 0.25) is 0 Å². The molecule has 118 valence electrons. The molecule has 1 fully saturated rings.